The van der Waals surface area contributed by atoms with E-state index in [1.54, 1.807) is 19.1 Å². The molecule has 0 radical (unpaired) electrons. The Labute approximate surface area is 131 Å². The fraction of sp³-hybridized carbons (Fsp3) is 0.467. The van der Waals surface area contributed by atoms with Crippen molar-refractivity contribution in [3.8, 4) is 0 Å². The molecule has 2 rings (SSSR count). The number of ether oxygens (including phenoxy) is 1. The Balaban J connectivity index is 2.16. The van der Waals surface area contributed by atoms with Crippen LogP contribution in [0.2, 0.25) is 0 Å². The molecule has 0 amide bonds. The fourth-order valence-electron chi connectivity index (χ4n) is 2.32. The lowest BCUT2D eigenvalue weighted by Gasteiger charge is -2.23. The van der Waals surface area contributed by atoms with Crippen molar-refractivity contribution >= 4 is 39.4 Å². The van der Waals surface area contributed by atoms with E-state index in [-0.39, 0.29) is 6.61 Å². The smallest absolute Gasteiger partial charge is 0.379 e. The number of carbonyl (C=O) groups is 2. The first-order valence-electron chi connectivity index (χ1n) is 6.72. The van der Waals surface area contributed by atoms with Gasteiger partial charge < -0.3 is 4.74 Å². The summed E-state index contributed by atoms with van der Waals surface area (Å²) >= 11 is 5.51. The zero-order valence-electron chi connectivity index (χ0n) is 11.4. The van der Waals surface area contributed by atoms with E-state index < -0.39 is 11.8 Å². The summed E-state index contributed by atoms with van der Waals surface area (Å²) in [7, 11) is 0. The van der Waals surface area contributed by atoms with Gasteiger partial charge in [-0.15, -0.1) is 0 Å². The molecule has 0 spiro atoms. The summed E-state index contributed by atoms with van der Waals surface area (Å²) in [5, 5.41) is 0. The van der Waals surface area contributed by atoms with Crippen LogP contribution in [0.15, 0.2) is 22.7 Å². The van der Waals surface area contributed by atoms with E-state index in [4.69, 9.17) is 4.74 Å². The number of hydrogen-bond donors (Lipinski definition) is 0. The highest BCUT2D eigenvalue weighted by Gasteiger charge is 2.21. The standard InChI is InChI=1S/C15H17BrO3S/c1-2-19-15(18)14(17)11-3-4-12(13(16)9-11)10-5-7-20-8-6-10/h3-4,9-10H,2,5-8H2,1H3. The van der Waals surface area contributed by atoms with Gasteiger partial charge in [0.15, 0.2) is 0 Å². The molecule has 5 heteroatoms. The van der Waals surface area contributed by atoms with Gasteiger partial charge in [0, 0.05) is 10.0 Å². The minimum Gasteiger partial charge on any atom is -0.460 e. The first-order valence-corrected chi connectivity index (χ1v) is 8.67. The molecule has 0 bridgehead atoms. The van der Waals surface area contributed by atoms with Crippen LogP contribution in [0.3, 0.4) is 0 Å². The van der Waals surface area contributed by atoms with Crippen molar-refractivity contribution < 1.29 is 14.3 Å². The van der Waals surface area contributed by atoms with Crippen LogP contribution in [0, 0.1) is 0 Å². The Kier molecular flexibility index (Phi) is 5.66. The van der Waals surface area contributed by atoms with Crippen molar-refractivity contribution in [2.75, 3.05) is 18.1 Å². The average molecular weight is 357 g/mol. The Morgan fingerprint density at radius 3 is 2.65 bits per heavy atom. The number of halogens is 1. The van der Waals surface area contributed by atoms with E-state index in [9.17, 15) is 9.59 Å². The molecule has 1 aromatic carbocycles. The fourth-order valence-corrected chi connectivity index (χ4v) is 4.13. The number of carbonyl (C=O) groups excluding carboxylic acids is 2. The van der Waals surface area contributed by atoms with Crippen LogP contribution in [-0.2, 0) is 9.53 Å². The molecule has 0 N–H and O–H groups in total. The predicted molar refractivity (Wildman–Crippen MR) is 84.4 cm³/mol. The highest BCUT2D eigenvalue weighted by Crippen LogP contribution is 2.35. The second-order valence-electron chi connectivity index (χ2n) is 4.67. The Morgan fingerprint density at radius 2 is 2.05 bits per heavy atom. The number of thioether (sulfide) groups is 1. The minimum atomic E-state index is -0.791. The van der Waals surface area contributed by atoms with Crippen LogP contribution < -0.4 is 0 Å². The highest BCUT2D eigenvalue weighted by atomic mass is 79.9. The summed E-state index contributed by atoms with van der Waals surface area (Å²) in [4.78, 5) is 23.3. The van der Waals surface area contributed by atoms with Crippen LogP contribution in [0.5, 0.6) is 0 Å². The van der Waals surface area contributed by atoms with Gasteiger partial charge >= 0.3 is 5.97 Å². The molecule has 3 nitrogen and oxygen atoms in total. The first kappa shape index (κ1) is 15.6. The average Bonchev–Trinajstić information content (AvgIpc) is 2.47. The van der Waals surface area contributed by atoms with Crippen LogP contribution in [0.25, 0.3) is 0 Å². The highest BCUT2D eigenvalue weighted by molar-refractivity contribution is 9.10. The van der Waals surface area contributed by atoms with Gasteiger partial charge in [-0.05, 0) is 48.8 Å². The van der Waals surface area contributed by atoms with E-state index in [2.05, 4.69) is 15.9 Å². The molecule has 0 unspecified atom stereocenters. The third-order valence-electron chi connectivity index (χ3n) is 3.38. The number of esters is 1. The number of benzene rings is 1. The number of hydrogen-bond acceptors (Lipinski definition) is 4. The van der Waals surface area contributed by atoms with Crippen molar-refractivity contribution in [2.45, 2.75) is 25.7 Å². The molecule has 20 heavy (non-hydrogen) atoms. The summed E-state index contributed by atoms with van der Waals surface area (Å²) in [5.41, 5.74) is 1.61. The van der Waals surface area contributed by atoms with Crippen LogP contribution >= 0.6 is 27.7 Å². The van der Waals surface area contributed by atoms with E-state index in [0.717, 1.165) is 17.3 Å². The first-order chi connectivity index (χ1) is 9.63. The van der Waals surface area contributed by atoms with Gasteiger partial charge in [-0.2, -0.15) is 11.8 Å². The largest absolute Gasteiger partial charge is 0.460 e. The lowest BCUT2D eigenvalue weighted by atomic mass is 9.92. The van der Waals surface area contributed by atoms with Crippen LogP contribution in [0.1, 0.15) is 41.6 Å². The molecule has 108 valence electrons. The topological polar surface area (TPSA) is 43.4 Å². The molecular weight excluding hydrogens is 340 g/mol. The van der Waals surface area contributed by atoms with Crippen molar-refractivity contribution in [3.63, 3.8) is 0 Å². The monoisotopic (exact) mass is 356 g/mol. The second-order valence-corrected chi connectivity index (χ2v) is 6.75. The number of ketones is 1. The molecule has 1 aromatic rings. The van der Waals surface area contributed by atoms with Gasteiger partial charge in [-0.25, -0.2) is 4.79 Å². The van der Waals surface area contributed by atoms with Gasteiger partial charge in [0.2, 0.25) is 0 Å². The van der Waals surface area contributed by atoms with Gasteiger partial charge in [0.1, 0.15) is 0 Å². The summed E-state index contributed by atoms with van der Waals surface area (Å²) in [6.07, 6.45) is 2.32. The van der Waals surface area contributed by atoms with Crippen LogP contribution in [0.4, 0.5) is 0 Å². The maximum absolute atomic E-state index is 11.9. The summed E-state index contributed by atoms with van der Waals surface area (Å²) in [5.74, 6) is 1.53. The second kappa shape index (κ2) is 7.27. The minimum absolute atomic E-state index is 0.212. The van der Waals surface area contributed by atoms with Crippen molar-refractivity contribution in [3.05, 3.63) is 33.8 Å². The normalized spacial score (nSPS) is 15.9. The van der Waals surface area contributed by atoms with Crippen LogP contribution in [-0.4, -0.2) is 29.9 Å². The zero-order chi connectivity index (χ0) is 14.5. The number of Topliss-reactive ketones (excluding diaryl/α,β-unsaturated/α-hetero) is 1. The lowest BCUT2D eigenvalue weighted by Crippen LogP contribution is -2.18. The third-order valence-corrected chi connectivity index (χ3v) is 5.12. The molecule has 1 fully saturated rings. The molecule has 1 aliphatic rings. The third kappa shape index (κ3) is 3.64. The Hall–Kier alpha value is -0.810. The molecule has 0 aromatic heterocycles. The summed E-state index contributed by atoms with van der Waals surface area (Å²) < 4.78 is 5.64. The summed E-state index contributed by atoms with van der Waals surface area (Å²) in [6.45, 7) is 1.90. The van der Waals surface area contributed by atoms with E-state index in [0.29, 0.717) is 11.5 Å². The van der Waals surface area contributed by atoms with Crippen molar-refractivity contribution in [1.82, 2.24) is 0 Å². The van der Waals surface area contributed by atoms with E-state index in [1.165, 1.54) is 17.1 Å². The number of rotatable bonds is 4. The van der Waals surface area contributed by atoms with E-state index >= 15 is 0 Å². The van der Waals surface area contributed by atoms with Gasteiger partial charge in [-0.3, -0.25) is 4.79 Å². The quantitative estimate of drug-likeness (QED) is 0.467. The Morgan fingerprint density at radius 1 is 1.35 bits per heavy atom. The molecule has 1 aliphatic heterocycles. The lowest BCUT2D eigenvalue weighted by molar-refractivity contribution is -0.137. The molecular formula is C15H17BrO3S. The Bertz CT molecular complexity index is 510. The van der Waals surface area contributed by atoms with Gasteiger partial charge in [0.05, 0.1) is 6.61 Å². The molecule has 1 saturated heterocycles. The van der Waals surface area contributed by atoms with E-state index in [1.807, 2.05) is 17.8 Å². The predicted octanol–water partition coefficient (Wildman–Crippen LogP) is 3.81. The molecule has 0 aliphatic carbocycles. The molecule has 1 heterocycles. The van der Waals surface area contributed by atoms with Gasteiger partial charge in [-0.1, -0.05) is 28.1 Å². The zero-order valence-corrected chi connectivity index (χ0v) is 13.8. The van der Waals surface area contributed by atoms with Crippen molar-refractivity contribution in [1.29, 1.82) is 0 Å². The molecule has 0 atom stereocenters. The SMILES string of the molecule is CCOC(=O)C(=O)c1ccc(C2CCSCC2)c(Br)c1. The van der Waals surface area contributed by atoms with Gasteiger partial charge in [0.25, 0.3) is 5.78 Å². The summed E-state index contributed by atoms with van der Waals surface area (Å²) in [6, 6.07) is 5.41. The maximum atomic E-state index is 11.9. The van der Waals surface area contributed by atoms with Crippen molar-refractivity contribution in [2.24, 2.45) is 0 Å². The maximum Gasteiger partial charge on any atom is 0.379 e. The molecule has 0 saturated carbocycles.